The van der Waals surface area contributed by atoms with Crippen LogP contribution in [0.25, 0.3) is 11.0 Å². The lowest BCUT2D eigenvalue weighted by Gasteiger charge is -1.90. The number of nitrogens with zero attached hydrogens (tertiary/aromatic N) is 1. The number of imidazole rings is 1. The third-order valence-electron chi connectivity index (χ3n) is 1.90. The van der Waals surface area contributed by atoms with Gasteiger partial charge in [0.15, 0.2) is 5.82 Å². The first-order valence-electron chi connectivity index (χ1n) is 4.19. The molecule has 0 unspecified atom stereocenters. The van der Waals surface area contributed by atoms with E-state index in [1.165, 1.54) is 6.07 Å². The smallest absolute Gasteiger partial charge is 0.153 e. The minimum Gasteiger partial charge on any atom is -0.341 e. The Hall–Kier alpha value is -1.49. The van der Waals surface area contributed by atoms with Gasteiger partial charge in [0, 0.05) is 6.07 Å². The number of nitrogens with one attached hydrogen (secondary N) is 2. The third kappa shape index (κ3) is 1.46. The first-order chi connectivity index (χ1) is 6.70. The number of halogens is 2. The molecule has 2 N–H and O–H groups in total. The van der Waals surface area contributed by atoms with Gasteiger partial charge in [-0.3, -0.25) is 0 Å². The van der Waals surface area contributed by atoms with Crippen LogP contribution in [0.3, 0.4) is 0 Å². The highest BCUT2D eigenvalue weighted by Gasteiger charge is 2.08. The summed E-state index contributed by atoms with van der Waals surface area (Å²) in [6, 6.07) is 2.05. The molecule has 74 valence electrons. The van der Waals surface area contributed by atoms with E-state index in [2.05, 4.69) is 15.3 Å². The first kappa shape index (κ1) is 9.08. The summed E-state index contributed by atoms with van der Waals surface area (Å²) in [6.07, 6.45) is 0. The highest BCUT2D eigenvalue weighted by Crippen LogP contribution is 2.16. The summed E-state index contributed by atoms with van der Waals surface area (Å²) < 4.78 is 25.9. The van der Waals surface area contributed by atoms with Gasteiger partial charge in [0.2, 0.25) is 0 Å². The summed E-state index contributed by atoms with van der Waals surface area (Å²) in [7, 11) is 1.75. The van der Waals surface area contributed by atoms with Crippen molar-refractivity contribution in [2.24, 2.45) is 0 Å². The summed E-state index contributed by atoms with van der Waals surface area (Å²) in [5, 5.41) is 2.87. The normalized spacial score (nSPS) is 11.1. The third-order valence-corrected chi connectivity index (χ3v) is 1.90. The summed E-state index contributed by atoms with van der Waals surface area (Å²) in [5.74, 6) is -0.653. The molecule has 0 fully saturated rings. The van der Waals surface area contributed by atoms with Crippen molar-refractivity contribution in [3.8, 4) is 0 Å². The van der Waals surface area contributed by atoms with E-state index in [1.54, 1.807) is 7.05 Å². The zero-order chi connectivity index (χ0) is 10.1. The number of fused-ring (bicyclic) bond motifs is 1. The fraction of sp³-hybridized carbons (Fsp3) is 0.222. The van der Waals surface area contributed by atoms with Crippen LogP contribution >= 0.6 is 0 Å². The predicted molar refractivity (Wildman–Crippen MR) is 48.8 cm³/mol. The van der Waals surface area contributed by atoms with Crippen molar-refractivity contribution in [3.05, 3.63) is 29.6 Å². The van der Waals surface area contributed by atoms with E-state index in [-0.39, 0.29) is 5.52 Å². The second kappa shape index (κ2) is 3.34. The highest BCUT2D eigenvalue weighted by molar-refractivity contribution is 5.75. The van der Waals surface area contributed by atoms with Gasteiger partial charge in [0.25, 0.3) is 0 Å². The second-order valence-electron chi connectivity index (χ2n) is 3.00. The van der Waals surface area contributed by atoms with Gasteiger partial charge in [-0.05, 0) is 13.1 Å². The number of hydrogen-bond acceptors (Lipinski definition) is 2. The fourth-order valence-corrected chi connectivity index (χ4v) is 1.34. The van der Waals surface area contributed by atoms with Gasteiger partial charge in [-0.1, -0.05) is 0 Å². The summed E-state index contributed by atoms with van der Waals surface area (Å²) in [4.78, 5) is 6.81. The Morgan fingerprint density at radius 1 is 1.43 bits per heavy atom. The maximum atomic E-state index is 13.2. The van der Waals surface area contributed by atoms with E-state index < -0.39 is 11.6 Å². The summed E-state index contributed by atoms with van der Waals surface area (Å²) >= 11 is 0. The van der Waals surface area contributed by atoms with Crippen LogP contribution in [0.5, 0.6) is 0 Å². The van der Waals surface area contributed by atoms with Crippen molar-refractivity contribution in [1.82, 2.24) is 15.3 Å². The Labute approximate surface area is 79.2 Å². The van der Waals surface area contributed by atoms with Crippen LogP contribution in [0.15, 0.2) is 12.1 Å². The van der Waals surface area contributed by atoms with Crippen molar-refractivity contribution in [1.29, 1.82) is 0 Å². The van der Waals surface area contributed by atoms with Crippen LogP contribution in [-0.4, -0.2) is 17.0 Å². The summed E-state index contributed by atoms with van der Waals surface area (Å²) in [5.41, 5.74) is 0.560. The van der Waals surface area contributed by atoms with Gasteiger partial charge in [-0.25, -0.2) is 13.8 Å². The summed E-state index contributed by atoms with van der Waals surface area (Å²) in [6.45, 7) is 0.496. The monoisotopic (exact) mass is 197 g/mol. The second-order valence-corrected chi connectivity index (χ2v) is 3.00. The number of hydrogen-bond donors (Lipinski definition) is 2. The maximum absolute atomic E-state index is 13.2. The van der Waals surface area contributed by atoms with Gasteiger partial charge >= 0.3 is 0 Å². The number of rotatable bonds is 2. The van der Waals surface area contributed by atoms with Gasteiger partial charge in [-0.2, -0.15) is 0 Å². The average molecular weight is 197 g/mol. The molecule has 0 atom stereocenters. The average Bonchev–Trinajstić information content (AvgIpc) is 2.48. The Kier molecular flexibility index (Phi) is 2.17. The molecular formula is C9H9F2N3. The highest BCUT2D eigenvalue weighted by atomic mass is 19.1. The van der Waals surface area contributed by atoms with E-state index in [9.17, 15) is 8.78 Å². The van der Waals surface area contributed by atoms with E-state index in [4.69, 9.17) is 0 Å². The number of benzene rings is 1. The molecule has 1 aromatic carbocycles. The Bertz CT molecular complexity index is 464. The van der Waals surface area contributed by atoms with Crippen molar-refractivity contribution in [3.63, 3.8) is 0 Å². The lowest BCUT2D eigenvalue weighted by molar-refractivity contribution is 0.590. The van der Waals surface area contributed by atoms with Crippen LogP contribution < -0.4 is 5.32 Å². The van der Waals surface area contributed by atoms with Crippen molar-refractivity contribution < 1.29 is 8.78 Å². The van der Waals surface area contributed by atoms with Crippen LogP contribution in [-0.2, 0) is 6.54 Å². The first-order valence-corrected chi connectivity index (χ1v) is 4.19. The molecule has 0 bridgehead atoms. The van der Waals surface area contributed by atoms with Gasteiger partial charge in [-0.15, -0.1) is 0 Å². The van der Waals surface area contributed by atoms with Gasteiger partial charge in [0.1, 0.15) is 17.2 Å². The Balaban J connectivity index is 2.58. The zero-order valence-corrected chi connectivity index (χ0v) is 7.56. The van der Waals surface area contributed by atoms with Crippen molar-refractivity contribution in [2.75, 3.05) is 7.05 Å². The maximum Gasteiger partial charge on any atom is 0.153 e. The lowest BCUT2D eigenvalue weighted by Crippen LogP contribution is -2.06. The molecule has 0 saturated carbocycles. The molecule has 3 nitrogen and oxygen atoms in total. The molecule has 0 radical (unpaired) electrons. The van der Waals surface area contributed by atoms with E-state index in [0.717, 1.165) is 6.07 Å². The molecule has 0 saturated heterocycles. The van der Waals surface area contributed by atoms with Crippen LogP contribution in [0, 0.1) is 11.6 Å². The minimum atomic E-state index is -0.640. The molecule has 1 aromatic heterocycles. The molecule has 0 aliphatic carbocycles. The molecule has 0 aliphatic heterocycles. The number of aromatic nitrogens is 2. The molecule has 1 heterocycles. The largest absolute Gasteiger partial charge is 0.341 e. The Morgan fingerprint density at radius 2 is 2.21 bits per heavy atom. The zero-order valence-electron chi connectivity index (χ0n) is 7.56. The Morgan fingerprint density at radius 3 is 2.93 bits per heavy atom. The number of H-pyrrole nitrogens is 1. The quantitative estimate of drug-likeness (QED) is 0.767. The van der Waals surface area contributed by atoms with Crippen LogP contribution in [0.1, 0.15) is 5.82 Å². The molecule has 14 heavy (non-hydrogen) atoms. The molecule has 2 rings (SSSR count). The van der Waals surface area contributed by atoms with E-state index >= 15 is 0 Å². The van der Waals surface area contributed by atoms with Crippen molar-refractivity contribution in [2.45, 2.75) is 6.54 Å². The van der Waals surface area contributed by atoms with Gasteiger partial charge in [0.05, 0.1) is 12.1 Å². The molecule has 0 aliphatic rings. The molecule has 0 amide bonds. The lowest BCUT2D eigenvalue weighted by atomic mass is 10.3. The predicted octanol–water partition coefficient (Wildman–Crippen LogP) is 1.56. The fourth-order valence-electron chi connectivity index (χ4n) is 1.34. The topological polar surface area (TPSA) is 40.7 Å². The van der Waals surface area contributed by atoms with Crippen LogP contribution in [0.2, 0.25) is 0 Å². The number of aromatic amines is 1. The SMILES string of the molecule is CNCc1nc2c(F)cc(F)cc2[nH]1. The molecule has 0 spiro atoms. The standard InChI is InChI=1S/C9H9F2N3/c1-12-4-8-13-7-3-5(10)2-6(11)9(7)14-8/h2-3,12H,4H2,1H3,(H,13,14). The van der Waals surface area contributed by atoms with E-state index in [0.29, 0.717) is 17.9 Å². The van der Waals surface area contributed by atoms with Crippen molar-refractivity contribution >= 4 is 11.0 Å². The minimum absolute atomic E-state index is 0.177. The molecule has 5 heteroatoms. The molecule has 2 aromatic rings. The molecular weight excluding hydrogens is 188 g/mol. The van der Waals surface area contributed by atoms with Gasteiger partial charge < -0.3 is 10.3 Å². The van der Waals surface area contributed by atoms with Crippen LogP contribution in [0.4, 0.5) is 8.78 Å². The van der Waals surface area contributed by atoms with E-state index in [1.807, 2.05) is 0 Å².